The molecule has 1 aliphatic rings. The topological polar surface area (TPSA) is 49.6 Å². The normalized spacial score (nSPS) is 13.4. The molecule has 0 unspecified atom stereocenters. The molecule has 0 fully saturated rings. The van der Waals surface area contributed by atoms with Crippen molar-refractivity contribution in [3.05, 3.63) is 11.6 Å². The van der Waals surface area contributed by atoms with Gasteiger partial charge in [0.25, 0.3) is 0 Å². The van der Waals surface area contributed by atoms with E-state index in [2.05, 4.69) is 19.8 Å². The van der Waals surface area contributed by atoms with Crippen molar-refractivity contribution in [1.29, 1.82) is 0 Å². The molecule has 0 amide bonds. The van der Waals surface area contributed by atoms with Crippen LogP contribution in [0.15, 0.2) is 4.99 Å². The van der Waals surface area contributed by atoms with Crippen LogP contribution in [0, 0.1) is 0 Å². The highest BCUT2D eigenvalue weighted by Gasteiger charge is 2.17. The summed E-state index contributed by atoms with van der Waals surface area (Å²) in [7, 11) is 7.97. The standard InChI is InChI=1S/C11H20N6/c1-15(2)11(16(3)4)12-8-10-14-13-9-6-5-7-17(9)10/h5-8H2,1-4H3. The first-order chi connectivity index (χ1) is 8.09. The Balaban J connectivity index is 2.12. The molecule has 94 valence electrons. The second-order valence-electron chi connectivity index (χ2n) is 4.69. The maximum atomic E-state index is 4.59. The molecular weight excluding hydrogens is 216 g/mol. The zero-order valence-electron chi connectivity index (χ0n) is 11.0. The van der Waals surface area contributed by atoms with E-state index < -0.39 is 0 Å². The van der Waals surface area contributed by atoms with Gasteiger partial charge in [0, 0.05) is 41.2 Å². The first kappa shape index (κ1) is 11.9. The van der Waals surface area contributed by atoms with Gasteiger partial charge in [0.15, 0.2) is 11.8 Å². The molecule has 0 N–H and O–H groups in total. The Morgan fingerprint density at radius 3 is 2.59 bits per heavy atom. The van der Waals surface area contributed by atoms with Gasteiger partial charge in [0.2, 0.25) is 0 Å². The first-order valence-electron chi connectivity index (χ1n) is 5.89. The summed E-state index contributed by atoms with van der Waals surface area (Å²) in [5.74, 6) is 3.02. The molecule has 0 saturated heterocycles. The van der Waals surface area contributed by atoms with Gasteiger partial charge in [0.1, 0.15) is 12.4 Å². The molecule has 0 radical (unpaired) electrons. The molecule has 0 saturated carbocycles. The molecule has 1 aromatic rings. The Hall–Kier alpha value is -1.59. The van der Waals surface area contributed by atoms with Gasteiger partial charge in [-0.25, -0.2) is 4.99 Å². The maximum absolute atomic E-state index is 4.59. The molecule has 0 bridgehead atoms. The number of aromatic nitrogens is 3. The molecule has 1 aliphatic heterocycles. The summed E-state index contributed by atoms with van der Waals surface area (Å²) in [5, 5.41) is 8.38. The van der Waals surface area contributed by atoms with Crippen LogP contribution < -0.4 is 0 Å². The van der Waals surface area contributed by atoms with Crippen LogP contribution in [0.4, 0.5) is 0 Å². The summed E-state index contributed by atoms with van der Waals surface area (Å²) in [6.07, 6.45) is 2.22. The van der Waals surface area contributed by atoms with E-state index >= 15 is 0 Å². The number of guanidine groups is 1. The van der Waals surface area contributed by atoms with E-state index in [1.807, 2.05) is 38.0 Å². The zero-order valence-corrected chi connectivity index (χ0v) is 11.0. The van der Waals surface area contributed by atoms with Crippen molar-refractivity contribution in [2.45, 2.75) is 25.9 Å². The molecule has 6 heteroatoms. The lowest BCUT2D eigenvalue weighted by Gasteiger charge is -2.22. The quantitative estimate of drug-likeness (QED) is 0.544. The fourth-order valence-corrected chi connectivity index (χ4v) is 2.15. The van der Waals surface area contributed by atoms with Crippen LogP contribution in [0.2, 0.25) is 0 Å². The Labute approximate surface area is 102 Å². The number of nitrogens with zero attached hydrogens (tertiary/aromatic N) is 6. The van der Waals surface area contributed by atoms with Gasteiger partial charge in [-0.2, -0.15) is 0 Å². The Morgan fingerprint density at radius 2 is 1.94 bits per heavy atom. The van der Waals surface area contributed by atoms with Crippen molar-refractivity contribution in [2.24, 2.45) is 4.99 Å². The predicted molar refractivity (Wildman–Crippen MR) is 66.9 cm³/mol. The van der Waals surface area contributed by atoms with Gasteiger partial charge in [-0.1, -0.05) is 0 Å². The molecule has 6 nitrogen and oxygen atoms in total. The number of aliphatic imine (C=N–C) groups is 1. The molecule has 0 aromatic carbocycles. The molecule has 0 atom stereocenters. The van der Waals surface area contributed by atoms with Crippen molar-refractivity contribution in [3.8, 4) is 0 Å². The lowest BCUT2D eigenvalue weighted by molar-refractivity contribution is 0.478. The number of fused-ring (bicyclic) bond motifs is 1. The lowest BCUT2D eigenvalue weighted by atomic mass is 10.4. The van der Waals surface area contributed by atoms with E-state index in [1.54, 1.807) is 0 Å². The number of rotatable bonds is 2. The summed E-state index contributed by atoms with van der Waals surface area (Å²) in [4.78, 5) is 8.59. The van der Waals surface area contributed by atoms with Gasteiger partial charge < -0.3 is 14.4 Å². The van der Waals surface area contributed by atoms with E-state index in [4.69, 9.17) is 0 Å². The van der Waals surface area contributed by atoms with Crippen LogP contribution >= 0.6 is 0 Å². The summed E-state index contributed by atoms with van der Waals surface area (Å²) in [6.45, 7) is 1.63. The minimum absolute atomic E-state index is 0.596. The molecule has 0 spiro atoms. The predicted octanol–water partition coefficient (Wildman–Crippen LogP) is 0.203. The third kappa shape index (κ3) is 2.40. The van der Waals surface area contributed by atoms with Crippen molar-refractivity contribution >= 4 is 5.96 Å². The third-order valence-corrected chi connectivity index (χ3v) is 2.85. The third-order valence-electron chi connectivity index (χ3n) is 2.85. The fourth-order valence-electron chi connectivity index (χ4n) is 2.15. The second kappa shape index (κ2) is 4.73. The van der Waals surface area contributed by atoms with E-state index in [0.717, 1.165) is 30.6 Å². The van der Waals surface area contributed by atoms with E-state index in [9.17, 15) is 0 Å². The average Bonchev–Trinajstić information content (AvgIpc) is 2.80. The number of hydrogen-bond donors (Lipinski definition) is 0. The molecule has 2 rings (SSSR count). The highest BCUT2D eigenvalue weighted by atomic mass is 15.3. The highest BCUT2D eigenvalue weighted by Crippen LogP contribution is 2.14. The zero-order chi connectivity index (χ0) is 12.4. The number of hydrogen-bond acceptors (Lipinski definition) is 3. The van der Waals surface area contributed by atoms with E-state index in [1.165, 1.54) is 6.42 Å². The summed E-state index contributed by atoms with van der Waals surface area (Å²) < 4.78 is 2.19. The minimum atomic E-state index is 0.596. The monoisotopic (exact) mass is 236 g/mol. The molecule has 17 heavy (non-hydrogen) atoms. The van der Waals surface area contributed by atoms with E-state index in [0.29, 0.717) is 6.54 Å². The SMILES string of the molecule is CN(C)C(=NCc1nnc2n1CCC2)N(C)C. The van der Waals surface area contributed by atoms with Gasteiger partial charge >= 0.3 is 0 Å². The van der Waals surface area contributed by atoms with Crippen LogP contribution in [0.1, 0.15) is 18.1 Å². The maximum Gasteiger partial charge on any atom is 0.195 e. The van der Waals surface area contributed by atoms with Crippen LogP contribution in [-0.2, 0) is 19.5 Å². The Morgan fingerprint density at radius 1 is 1.24 bits per heavy atom. The fraction of sp³-hybridized carbons (Fsp3) is 0.727. The van der Waals surface area contributed by atoms with Gasteiger partial charge in [-0.15, -0.1) is 10.2 Å². The van der Waals surface area contributed by atoms with Gasteiger partial charge in [-0.3, -0.25) is 0 Å². The smallest absolute Gasteiger partial charge is 0.195 e. The lowest BCUT2D eigenvalue weighted by Crippen LogP contribution is -2.35. The highest BCUT2D eigenvalue weighted by molar-refractivity contribution is 5.79. The van der Waals surface area contributed by atoms with E-state index in [-0.39, 0.29) is 0 Å². The van der Waals surface area contributed by atoms with Crippen molar-refractivity contribution < 1.29 is 0 Å². The molecule has 1 aromatic heterocycles. The average molecular weight is 236 g/mol. The van der Waals surface area contributed by atoms with Gasteiger partial charge in [-0.05, 0) is 6.42 Å². The van der Waals surface area contributed by atoms with Crippen molar-refractivity contribution in [1.82, 2.24) is 24.6 Å². The van der Waals surface area contributed by atoms with Crippen molar-refractivity contribution in [2.75, 3.05) is 28.2 Å². The first-order valence-corrected chi connectivity index (χ1v) is 5.89. The minimum Gasteiger partial charge on any atom is -0.349 e. The van der Waals surface area contributed by atoms with Crippen LogP contribution in [0.5, 0.6) is 0 Å². The van der Waals surface area contributed by atoms with Crippen LogP contribution in [0.3, 0.4) is 0 Å². The summed E-state index contributed by atoms with van der Waals surface area (Å²) >= 11 is 0. The van der Waals surface area contributed by atoms with Crippen molar-refractivity contribution in [3.63, 3.8) is 0 Å². The Bertz CT molecular complexity index is 408. The molecular formula is C11H20N6. The largest absolute Gasteiger partial charge is 0.349 e. The number of aryl methyl sites for hydroxylation is 1. The molecule has 2 heterocycles. The van der Waals surface area contributed by atoms with Gasteiger partial charge in [0.05, 0.1) is 0 Å². The van der Waals surface area contributed by atoms with Crippen LogP contribution in [-0.4, -0.2) is 58.7 Å². The Kier molecular flexibility index (Phi) is 3.31. The van der Waals surface area contributed by atoms with Crippen LogP contribution in [0.25, 0.3) is 0 Å². The summed E-state index contributed by atoms with van der Waals surface area (Å²) in [6, 6.07) is 0. The molecule has 0 aliphatic carbocycles. The summed E-state index contributed by atoms with van der Waals surface area (Å²) in [5.41, 5.74) is 0. The second-order valence-corrected chi connectivity index (χ2v) is 4.69.